The van der Waals surface area contributed by atoms with E-state index in [1.165, 1.54) is 19.2 Å². The summed E-state index contributed by atoms with van der Waals surface area (Å²) in [5, 5.41) is 0.597. The summed E-state index contributed by atoms with van der Waals surface area (Å²) in [6.07, 6.45) is 0.106. The van der Waals surface area contributed by atoms with Gasteiger partial charge in [-0.15, -0.1) is 0 Å². The van der Waals surface area contributed by atoms with E-state index in [-0.39, 0.29) is 18.2 Å². The number of carbonyl (C=O) groups excluding carboxylic acids is 1. The molecule has 1 aromatic carbocycles. The minimum absolute atomic E-state index is 0.106. The molecule has 0 N–H and O–H groups in total. The van der Waals surface area contributed by atoms with Crippen LogP contribution in [0.25, 0.3) is 0 Å². The Bertz CT molecular complexity index is 339. The Labute approximate surface area is 90.2 Å². The first kappa shape index (κ1) is 11.2. The summed E-state index contributed by atoms with van der Waals surface area (Å²) in [6, 6.07) is 4.38. The standard InChI is InChI=1S/C10H10BrFO2/c1-14-10(13)5-8-4-9(12)3-2-7(8)6-11/h2-4H,5-6H2,1H3. The van der Waals surface area contributed by atoms with Gasteiger partial charge < -0.3 is 4.74 Å². The third kappa shape index (κ3) is 2.80. The zero-order valence-electron chi connectivity index (χ0n) is 7.72. The largest absolute Gasteiger partial charge is 0.469 e. The summed E-state index contributed by atoms with van der Waals surface area (Å²) in [5.41, 5.74) is 1.56. The van der Waals surface area contributed by atoms with E-state index in [1.807, 2.05) is 0 Å². The van der Waals surface area contributed by atoms with Crippen molar-refractivity contribution in [3.8, 4) is 0 Å². The molecule has 0 fully saturated rings. The molecule has 0 bridgehead atoms. The van der Waals surface area contributed by atoms with E-state index in [0.29, 0.717) is 10.9 Å². The van der Waals surface area contributed by atoms with Gasteiger partial charge in [0.25, 0.3) is 0 Å². The highest BCUT2D eigenvalue weighted by atomic mass is 79.9. The Morgan fingerprint density at radius 1 is 1.50 bits per heavy atom. The second-order valence-corrected chi connectivity index (χ2v) is 3.36. The van der Waals surface area contributed by atoms with Crippen LogP contribution in [0, 0.1) is 5.82 Å². The smallest absolute Gasteiger partial charge is 0.309 e. The normalized spacial score (nSPS) is 9.93. The molecule has 0 aliphatic rings. The molecular weight excluding hydrogens is 251 g/mol. The molecule has 0 heterocycles. The molecule has 4 heteroatoms. The molecule has 2 nitrogen and oxygen atoms in total. The molecule has 0 radical (unpaired) electrons. The van der Waals surface area contributed by atoms with Crippen LogP contribution in [0.1, 0.15) is 11.1 Å². The molecular formula is C10H10BrFO2. The number of benzene rings is 1. The van der Waals surface area contributed by atoms with Crippen molar-refractivity contribution in [2.75, 3.05) is 7.11 Å². The highest BCUT2D eigenvalue weighted by molar-refractivity contribution is 9.08. The van der Waals surface area contributed by atoms with Crippen molar-refractivity contribution >= 4 is 21.9 Å². The van der Waals surface area contributed by atoms with Gasteiger partial charge in [0.2, 0.25) is 0 Å². The van der Waals surface area contributed by atoms with E-state index in [1.54, 1.807) is 6.07 Å². The van der Waals surface area contributed by atoms with Crippen molar-refractivity contribution in [2.45, 2.75) is 11.8 Å². The van der Waals surface area contributed by atoms with E-state index >= 15 is 0 Å². The molecule has 1 rings (SSSR count). The van der Waals surface area contributed by atoms with Crippen molar-refractivity contribution in [1.82, 2.24) is 0 Å². The lowest BCUT2D eigenvalue weighted by Gasteiger charge is -2.05. The van der Waals surface area contributed by atoms with Gasteiger partial charge in [-0.1, -0.05) is 22.0 Å². The third-order valence-corrected chi connectivity index (χ3v) is 2.48. The SMILES string of the molecule is COC(=O)Cc1cc(F)ccc1CBr. The summed E-state index contributed by atoms with van der Waals surface area (Å²) in [6.45, 7) is 0. The lowest BCUT2D eigenvalue weighted by Crippen LogP contribution is -2.06. The Hall–Kier alpha value is -0.900. The summed E-state index contributed by atoms with van der Waals surface area (Å²) in [4.78, 5) is 11.0. The van der Waals surface area contributed by atoms with E-state index in [0.717, 1.165) is 5.56 Å². The number of ether oxygens (including phenoxy) is 1. The number of carbonyl (C=O) groups is 1. The van der Waals surface area contributed by atoms with Crippen LogP contribution < -0.4 is 0 Å². The zero-order valence-corrected chi connectivity index (χ0v) is 9.30. The number of esters is 1. The van der Waals surface area contributed by atoms with Gasteiger partial charge >= 0.3 is 5.97 Å². The minimum atomic E-state index is -0.363. The topological polar surface area (TPSA) is 26.3 Å². The van der Waals surface area contributed by atoms with Crippen molar-refractivity contribution in [1.29, 1.82) is 0 Å². The number of hydrogen-bond donors (Lipinski definition) is 0. The minimum Gasteiger partial charge on any atom is -0.469 e. The van der Waals surface area contributed by atoms with Crippen molar-refractivity contribution < 1.29 is 13.9 Å². The number of alkyl halides is 1. The van der Waals surface area contributed by atoms with E-state index in [9.17, 15) is 9.18 Å². The maximum absolute atomic E-state index is 12.9. The number of hydrogen-bond acceptors (Lipinski definition) is 2. The van der Waals surface area contributed by atoms with Gasteiger partial charge in [0.15, 0.2) is 0 Å². The van der Waals surface area contributed by atoms with Gasteiger partial charge in [-0.05, 0) is 23.3 Å². The Morgan fingerprint density at radius 2 is 2.21 bits per heavy atom. The molecule has 0 saturated carbocycles. The monoisotopic (exact) mass is 260 g/mol. The van der Waals surface area contributed by atoms with Crippen LogP contribution in [0.3, 0.4) is 0 Å². The quantitative estimate of drug-likeness (QED) is 0.617. The molecule has 0 unspecified atom stereocenters. The first-order valence-electron chi connectivity index (χ1n) is 4.07. The first-order valence-corrected chi connectivity index (χ1v) is 5.19. The fourth-order valence-electron chi connectivity index (χ4n) is 1.12. The van der Waals surface area contributed by atoms with Gasteiger partial charge in [0.05, 0.1) is 13.5 Å². The average molecular weight is 261 g/mol. The number of rotatable bonds is 3. The molecule has 0 aliphatic carbocycles. The van der Waals surface area contributed by atoms with E-state index in [4.69, 9.17) is 0 Å². The molecule has 0 atom stereocenters. The molecule has 0 amide bonds. The highest BCUT2D eigenvalue weighted by Gasteiger charge is 2.08. The van der Waals surface area contributed by atoms with Gasteiger partial charge in [-0.25, -0.2) is 4.39 Å². The summed E-state index contributed by atoms with van der Waals surface area (Å²) in [7, 11) is 1.31. The molecule has 14 heavy (non-hydrogen) atoms. The van der Waals surface area contributed by atoms with E-state index < -0.39 is 0 Å². The van der Waals surface area contributed by atoms with Gasteiger partial charge in [0, 0.05) is 5.33 Å². The second-order valence-electron chi connectivity index (χ2n) is 2.80. The predicted octanol–water partition coefficient (Wildman–Crippen LogP) is 2.44. The fourth-order valence-corrected chi connectivity index (χ4v) is 1.66. The second kappa shape index (κ2) is 5.10. The molecule has 0 aliphatic heterocycles. The van der Waals surface area contributed by atoms with Gasteiger partial charge in [0.1, 0.15) is 5.82 Å². The molecule has 76 valence electrons. The van der Waals surface area contributed by atoms with Crippen LogP contribution in [-0.2, 0) is 21.3 Å². The van der Waals surface area contributed by atoms with E-state index in [2.05, 4.69) is 20.7 Å². The zero-order chi connectivity index (χ0) is 10.6. The van der Waals surface area contributed by atoms with Crippen molar-refractivity contribution in [2.24, 2.45) is 0 Å². The van der Waals surface area contributed by atoms with Gasteiger partial charge in [-0.3, -0.25) is 4.79 Å². The Morgan fingerprint density at radius 3 is 2.79 bits per heavy atom. The summed E-state index contributed by atoms with van der Waals surface area (Å²) in [5.74, 6) is -0.702. The third-order valence-electron chi connectivity index (χ3n) is 1.87. The molecule has 0 saturated heterocycles. The van der Waals surface area contributed by atoms with Crippen LogP contribution in [0.4, 0.5) is 4.39 Å². The summed E-state index contributed by atoms with van der Waals surface area (Å²) >= 11 is 3.27. The summed E-state index contributed by atoms with van der Waals surface area (Å²) < 4.78 is 17.4. The molecule has 0 spiro atoms. The molecule has 0 aromatic heterocycles. The average Bonchev–Trinajstić information content (AvgIpc) is 2.18. The van der Waals surface area contributed by atoms with Crippen LogP contribution >= 0.6 is 15.9 Å². The lowest BCUT2D eigenvalue weighted by atomic mass is 10.1. The Balaban J connectivity index is 2.93. The Kier molecular flexibility index (Phi) is 4.07. The van der Waals surface area contributed by atoms with Crippen molar-refractivity contribution in [3.63, 3.8) is 0 Å². The maximum atomic E-state index is 12.9. The predicted molar refractivity (Wildman–Crippen MR) is 54.8 cm³/mol. The van der Waals surface area contributed by atoms with Crippen molar-refractivity contribution in [3.05, 3.63) is 35.1 Å². The van der Waals surface area contributed by atoms with Gasteiger partial charge in [-0.2, -0.15) is 0 Å². The maximum Gasteiger partial charge on any atom is 0.309 e. The first-order chi connectivity index (χ1) is 6.67. The molecule has 1 aromatic rings. The number of methoxy groups -OCH3 is 1. The highest BCUT2D eigenvalue weighted by Crippen LogP contribution is 2.15. The lowest BCUT2D eigenvalue weighted by molar-refractivity contribution is -0.139. The van der Waals surface area contributed by atoms with Crippen LogP contribution in [-0.4, -0.2) is 13.1 Å². The van der Waals surface area contributed by atoms with Crippen LogP contribution in [0.2, 0.25) is 0 Å². The fraction of sp³-hybridized carbons (Fsp3) is 0.300. The number of halogens is 2. The van der Waals surface area contributed by atoms with Crippen LogP contribution in [0.5, 0.6) is 0 Å². The van der Waals surface area contributed by atoms with Crippen LogP contribution in [0.15, 0.2) is 18.2 Å².